The first-order valence-electron chi connectivity index (χ1n) is 4.45. The fourth-order valence-corrected chi connectivity index (χ4v) is 1.01. The monoisotopic (exact) mass is 237 g/mol. The van der Waals surface area contributed by atoms with Gasteiger partial charge in [0, 0.05) is 0 Å². The second-order valence-electron chi connectivity index (χ2n) is 3.12. The van der Waals surface area contributed by atoms with Crippen LogP contribution < -0.4 is 5.73 Å². The van der Waals surface area contributed by atoms with Gasteiger partial charge in [-0.25, -0.2) is 4.79 Å². The third-order valence-corrected chi connectivity index (χ3v) is 1.85. The molecule has 6 N–H and O–H groups in total. The molecule has 4 atom stereocenters. The molecule has 0 amide bonds. The minimum atomic E-state index is -1.65. The highest BCUT2D eigenvalue weighted by atomic mass is 16.5. The minimum Gasteiger partial charge on any atom is -0.480 e. The van der Waals surface area contributed by atoms with Crippen LogP contribution in [0.2, 0.25) is 0 Å². The second kappa shape index (κ2) is 7.25. The van der Waals surface area contributed by atoms with Crippen molar-refractivity contribution in [2.75, 3.05) is 13.2 Å². The van der Waals surface area contributed by atoms with Crippen LogP contribution in [-0.2, 0) is 14.3 Å². The van der Waals surface area contributed by atoms with Crippen LogP contribution >= 0.6 is 0 Å². The molecule has 8 heteroatoms. The standard InChI is InChI=1S/C8H15NO7/c9-4(1-10)8(16-3-6(13)14)7(15)5(12)2-11/h1,4-5,7-8,11-12,15H,2-3,9H2,(H,13,14)/t4-,5-,7-,8-/m1/s1. The number of carbonyl (C=O) groups excluding carboxylic acids is 1. The van der Waals surface area contributed by atoms with E-state index in [4.69, 9.17) is 21.1 Å². The molecule has 0 aliphatic carbocycles. The molecule has 0 aliphatic heterocycles. The molecular weight excluding hydrogens is 222 g/mol. The predicted molar refractivity (Wildman–Crippen MR) is 50.5 cm³/mol. The third-order valence-electron chi connectivity index (χ3n) is 1.85. The quantitative estimate of drug-likeness (QED) is 0.275. The molecule has 94 valence electrons. The second-order valence-corrected chi connectivity index (χ2v) is 3.12. The maximum absolute atomic E-state index is 10.4. The van der Waals surface area contributed by atoms with Crippen LogP contribution in [0.5, 0.6) is 0 Å². The Kier molecular flexibility index (Phi) is 6.77. The molecule has 0 aromatic rings. The first kappa shape index (κ1) is 14.9. The summed E-state index contributed by atoms with van der Waals surface area (Å²) in [6.07, 6.45) is -4.36. The van der Waals surface area contributed by atoms with E-state index in [1.54, 1.807) is 0 Å². The summed E-state index contributed by atoms with van der Waals surface area (Å²) in [6, 6.07) is -1.30. The number of carbonyl (C=O) groups is 2. The topological polar surface area (TPSA) is 150 Å². The van der Waals surface area contributed by atoms with Crippen molar-refractivity contribution in [1.82, 2.24) is 0 Å². The Labute approximate surface area is 91.2 Å². The maximum atomic E-state index is 10.4. The van der Waals surface area contributed by atoms with E-state index >= 15 is 0 Å². The number of carboxylic acid groups (broad SMARTS) is 1. The predicted octanol–water partition coefficient (Wildman–Crippen LogP) is -3.30. The number of aldehydes is 1. The van der Waals surface area contributed by atoms with Crippen molar-refractivity contribution < 1.29 is 34.8 Å². The van der Waals surface area contributed by atoms with Gasteiger partial charge in [0.25, 0.3) is 0 Å². The Morgan fingerprint density at radius 1 is 1.44 bits per heavy atom. The zero-order valence-electron chi connectivity index (χ0n) is 8.39. The average molecular weight is 237 g/mol. The van der Waals surface area contributed by atoms with E-state index in [0.29, 0.717) is 0 Å². The van der Waals surface area contributed by atoms with Crippen LogP contribution in [-0.4, -0.2) is 70.2 Å². The van der Waals surface area contributed by atoms with E-state index < -0.39 is 43.5 Å². The van der Waals surface area contributed by atoms with Crippen LogP contribution in [0, 0.1) is 0 Å². The molecule has 0 saturated carbocycles. The Balaban J connectivity index is 4.52. The number of rotatable bonds is 8. The van der Waals surface area contributed by atoms with Gasteiger partial charge in [0.15, 0.2) is 0 Å². The Bertz CT molecular complexity index is 234. The van der Waals surface area contributed by atoms with Gasteiger partial charge < -0.3 is 35.7 Å². The summed E-state index contributed by atoms with van der Waals surface area (Å²) in [6.45, 7) is -1.54. The maximum Gasteiger partial charge on any atom is 0.329 e. The molecule has 0 heterocycles. The molecule has 0 saturated heterocycles. The summed E-state index contributed by atoms with van der Waals surface area (Å²) in [4.78, 5) is 20.6. The Morgan fingerprint density at radius 2 is 2.00 bits per heavy atom. The molecule has 0 aromatic carbocycles. The normalized spacial score (nSPS) is 18.5. The molecule has 0 fully saturated rings. The Morgan fingerprint density at radius 3 is 2.38 bits per heavy atom. The van der Waals surface area contributed by atoms with Crippen molar-refractivity contribution in [3.63, 3.8) is 0 Å². The van der Waals surface area contributed by atoms with Crippen molar-refractivity contribution in [3.8, 4) is 0 Å². The smallest absolute Gasteiger partial charge is 0.329 e. The Hall–Kier alpha value is -1.06. The summed E-state index contributed by atoms with van der Waals surface area (Å²) in [5.74, 6) is -1.31. The van der Waals surface area contributed by atoms with Gasteiger partial charge in [-0.1, -0.05) is 0 Å². The highest BCUT2D eigenvalue weighted by molar-refractivity contribution is 5.68. The molecule has 0 spiro atoms. The van der Waals surface area contributed by atoms with Crippen LogP contribution in [0.25, 0.3) is 0 Å². The molecule has 0 unspecified atom stereocenters. The molecule has 0 radical (unpaired) electrons. The van der Waals surface area contributed by atoms with Crippen LogP contribution in [0.1, 0.15) is 0 Å². The lowest BCUT2D eigenvalue weighted by Crippen LogP contribution is -2.52. The summed E-state index contributed by atoms with van der Waals surface area (Å²) in [5, 5.41) is 35.5. The summed E-state index contributed by atoms with van der Waals surface area (Å²) in [7, 11) is 0. The first-order valence-corrected chi connectivity index (χ1v) is 4.45. The lowest BCUT2D eigenvalue weighted by Gasteiger charge is -2.27. The van der Waals surface area contributed by atoms with Gasteiger partial charge in [0.05, 0.1) is 12.6 Å². The number of aliphatic hydroxyl groups excluding tert-OH is 3. The molecule has 0 rings (SSSR count). The van der Waals surface area contributed by atoms with Gasteiger partial charge in [0.1, 0.15) is 31.2 Å². The number of carboxylic acids is 1. The lowest BCUT2D eigenvalue weighted by atomic mass is 10.0. The van der Waals surface area contributed by atoms with Crippen LogP contribution in [0.15, 0.2) is 0 Å². The van der Waals surface area contributed by atoms with Crippen molar-refractivity contribution in [3.05, 3.63) is 0 Å². The molecule has 0 bridgehead atoms. The van der Waals surface area contributed by atoms with Crippen LogP contribution in [0.3, 0.4) is 0 Å². The van der Waals surface area contributed by atoms with Crippen molar-refractivity contribution in [2.45, 2.75) is 24.4 Å². The molecule has 16 heavy (non-hydrogen) atoms. The fourth-order valence-electron chi connectivity index (χ4n) is 1.01. The molecular formula is C8H15NO7. The van der Waals surface area contributed by atoms with Crippen molar-refractivity contribution in [1.29, 1.82) is 0 Å². The van der Waals surface area contributed by atoms with Crippen molar-refractivity contribution >= 4 is 12.3 Å². The summed E-state index contributed by atoms with van der Waals surface area (Å²) in [5.41, 5.74) is 5.26. The first-order chi connectivity index (χ1) is 7.43. The van der Waals surface area contributed by atoms with E-state index in [1.165, 1.54) is 0 Å². The van der Waals surface area contributed by atoms with Gasteiger partial charge in [-0.05, 0) is 0 Å². The minimum absolute atomic E-state index is 0.250. The number of ether oxygens (including phenoxy) is 1. The fraction of sp³-hybridized carbons (Fsp3) is 0.750. The average Bonchev–Trinajstić information content (AvgIpc) is 2.26. The van der Waals surface area contributed by atoms with Crippen LogP contribution in [0.4, 0.5) is 0 Å². The zero-order chi connectivity index (χ0) is 12.7. The van der Waals surface area contributed by atoms with E-state index in [2.05, 4.69) is 4.74 Å². The van der Waals surface area contributed by atoms with E-state index in [0.717, 1.165) is 0 Å². The number of aliphatic carboxylic acids is 1. The SMILES string of the molecule is N[C@H](C=O)[C@@H](OCC(=O)O)[C@H](O)[C@H](O)CO. The van der Waals surface area contributed by atoms with Gasteiger partial charge in [0.2, 0.25) is 0 Å². The highest BCUT2D eigenvalue weighted by Crippen LogP contribution is 2.07. The largest absolute Gasteiger partial charge is 0.480 e. The van der Waals surface area contributed by atoms with Gasteiger partial charge >= 0.3 is 5.97 Å². The van der Waals surface area contributed by atoms with E-state index in [1.807, 2.05) is 0 Å². The van der Waals surface area contributed by atoms with Gasteiger partial charge in [-0.2, -0.15) is 0 Å². The number of aliphatic hydroxyl groups is 3. The zero-order valence-corrected chi connectivity index (χ0v) is 8.39. The molecule has 8 nitrogen and oxygen atoms in total. The van der Waals surface area contributed by atoms with E-state index in [9.17, 15) is 14.7 Å². The van der Waals surface area contributed by atoms with Crippen molar-refractivity contribution in [2.24, 2.45) is 5.73 Å². The molecule has 0 aromatic heterocycles. The highest BCUT2D eigenvalue weighted by Gasteiger charge is 2.32. The van der Waals surface area contributed by atoms with E-state index in [-0.39, 0.29) is 6.29 Å². The van der Waals surface area contributed by atoms with Gasteiger partial charge in [-0.3, -0.25) is 0 Å². The number of nitrogens with two attached hydrogens (primary N) is 1. The summed E-state index contributed by atoms with van der Waals surface area (Å²) < 4.78 is 4.66. The lowest BCUT2D eigenvalue weighted by molar-refractivity contribution is -0.154. The van der Waals surface area contributed by atoms with Gasteiger partial charge in [-0.15, -0.1) is 0 Å². The number of hydrogen-bond donors (Lipinski definition) is 5. The summed E-state index contributed by atoms with van der Waals surface area (Å²) >= 11 is 0. The molecule has 0 aliphatic rings. The third kappa shape index (κ3) is 4.64. The number of hydrogen-bond acceptors (Lipinski definition) is 7.